The van der Waals surface area contributed by atoms with E-state index >= 15 is 0 Å². The lowest BCUT2D eigenvalue weighted by atomic mass is 9.95. The molecule has 90 valence electrons. The molecule has 0 bridgehead atoms. The Morgan fingerprint density at radius 3 is 2.69 bits per heavy atom. The van der Waals surface area contributed by atoms with E-state index in [4.69, 9.17) is 0 Å². The Labute approximate surface area is 98.7 Å². The number of rotatable bonds is 6. The van der Waals surface area contributed by atoms with Gasteiger partial charge in [0.1, 0.15) is 5.82 Å². The molecule has 3 heteroatoms. The number of nitrogens with zero attached hydrogens (tertiary/aromatic N) is 2. The smallest absolute Gasteiger partial charge is 0.133 e. The zero-order chi connectivity index (χ0) is 12.0. The maximum atomic E-state index is 4.65. The van der Waals surface area contributed by atoms with Crippen LogP contribution in [0.15, 0.2) is 12.3 Å². The van der Waals surface area contributed by atoms with Gasteiger partial charge in [0.15, 0.2) is 0 Å². The molecule has 0 spiro atoms. The van der Waals surface area contributed by atoms with Crippen molar-refractivity contribution < 1.29 is 0 Å². The lowest BCUT2D eigenvalue weighted by molar-refractivity contribution is 0.456. The molecule has 3 nitrogen and oxygen atoms in total. The molecule has 1 aromatic rings. The van der Waals surface area contributed by atoms with Crippen LogP contribution in [0.5, 0.6) is 0 Å². The fourth-order valence-corrected chi connectivity index (χ4v) is 1.83. The molecular formula is C13H23N3. The van der Waals surface area contributed by atoms with Crippen LogP contribution in [-0.2, 0) is 6.42 Å². The lowest BCUT2D eigenvalue weighted by Gasteiger charge is -2.19. The highest BCUT2D eigenvalue weighted by atomic mass is 14.9. The second-order valence-corrected chi connectivity index (χ2v) is 4.56. The summed E-state index contributed by atoms with van der Waals surface area (Å²) in [6.45, 7) is 7.55. The van der Waals surface area contributed by atoms with Gasteiger partial charge in [0, 0.05) is 24.4 Å². The van der Waals surface area contributed by atoms with E-state index in [0.29, 0.717) is 11.8 Å². The van der Waals surface area contributed by atoms with Crippen molar-refractivity contribution >= 4 is 0 Å². The molecule has 0 aliphatic carbocycles. The van der Waals surface area contributed by atoms with E-state index in [1.165, 1.54) is 0 Å². The third-order valence-corrected chi connectivity index (χ3v) is 2.80. The summed E-state index contributed by atoms with van der Waals surface area (Å²) < 4.78 is 0. The van der Waals surface area contributed by atoms with E-state index < -0.39 is 0 Å². The first-order valence-electron chi connectivity index (χ1n) is 6.15. The number of hydrogen-bond acceptors (Lipinski definition) is 3. The zero-order valence-corrected chi connectivity index (χ0v) is 10.8. The lowest BCUT2D eigenvalue weighted by Crippen LogP contribution is -2.23. The summed E-state index contributed by atoms with van der Waals surface area (Å²) in [7, 11) is 1.98. The molecule has 1 rings (SSSR count). The quantitative estimate of drug-likeness (QED) is 0.801. The van der Waals surface area contributed by atoms with Gasteiger partial charge in [-0.2, -0.15) is 0 Å². The minimum atomic E-state index is 0.404. The minimum Gasteiger partial charge on any atom is -0.319 e. The number of hydrogen-bond donors (Lipinski definition) is 1. The van der Waals surface area contributed by atoms with Crippen LogP contribution in [0.25, 0.3) is 0 Å². The van der Waals surface area contributed by atoms with Gasteiger partial charge in [-0.25, -0.2) is 9.97 Å². The number of nitrogens with one attached hydrogen (secondary N) is 1. The molecule has 1 unspecified atom stereocenters. The Hall–Kier alpha value is -0.960. The Morgan fingerprint density at radius 2 is 2.12 bits per heavy atom. The highest BCUT2D eigenvalue weighted by Gasteiger charge is 2.17. The Balaban J connectivity index is 2.86. The first-order valence-corrected chi connectivity index (χ1v) is 6.15. The average molecular weight is 221 g/mol. The summed E-state index contributed by atoms with van der Waals surface area (Å²) in [5, 5.41) is 3.22. The van der Waals surface area contributed by atoms with Gasteiger partial charge in [-0.05, 0) is 25.5 Å². The van der Waals surface area contributed by atoms with E-state index in [0.717, 1.165) is 30.9 Å². The van der Waals surface area contributed by atoms with Crippen molar-refractivity contribution in [3.8, 4) is 0 Å². The normalized spacial score (nSPS) is 13.1. The van der Waals surface area contributed by atoms with Crippen LogP contribution in [0, 0.1) is 5.92 Å². The topological polar surface area (TPSA) is 37.8 Å². The van der Waals surface area contributed by atoms with Gasteiger partial charge in [-0.3, -0.25) is 0 Å². The van der Waals surface area contributed by atoms with Gasteiger partial charge in [-0.15, -0.1) is 0 Å². The number of aryl methyl sites for hydroxylation is 1. The van der Waals surface area contributed by atoms with Crippen molar-refractivity contribution in [2.75, 3.05) is 13.6 Å². The summed E-state index contributed by atoms with van der Waals surface area (Å²) in [5.41, 5.74) is 1.16. The van der Waals surface area contributed by atoms with E-state index in [2.05, 4.69) is 36.1 Å². The number of likely N-dealkylation sites (N-methyl/N-ethyl adjacent to an activating group) is 1. The Bertz CT molecular complexity index is 310. The van der Waals surface area contributed by atoms with Crippen LogP contribution in [0.3, 0.4) is 0 Å². The van der Waals surface area contributed by atoms with Gasteiger partial charge in [0.05, 0.1) is 0 Å². The van der Waals surface area contributed by atoms with Gasteiger partial charge >= 0.3 is 0 Å². The summed E-state index contributed by atoms with van der Waals surface area (Å²) >= 11 is 0. The van der Waals surface area contributed by atoms with Gasteiger partial charge in [0.25, 0.3) is 0 Å². The van der Waals surface area contributed by atoms with Crippen LogP contribution >= 0.6 is 0 Å². The molecular weight excluding hydrogens is 198 g/mol. The van der Waals surface area contributed by atoms with E-state index in [1.54, 1.807) is 0 Å². The second-order valence-electron chi connectivity index (χ2n) is 4.56. The van der Waals surface area contributed by atoms with Crippen LogP contribution in [-0.4, -0.2) is 23.6 Å². The van der Waals surface area contributed by atoms with Crippen molar-refractivity contribution in [2.24, 2.45) is 5.92 Å². The van der Waals surface area contributed by atoms with Crippen LogP contribution in [0.1, 0.15) is 44.6 Å². The first kappa shape index (κ1) is 13.1. The molecule has 0 aliphatic heterocycles. The average Bonchev–Trinajstić information content (AvgIpc) is 2.26. The van der Waals surface area contributed by atoms with E-state index in [-0.39, 0.29) is 0 Å². The molecule has 0 radical (unpaired) electrons. The molecule has 16 heavy (non-hydrogen) atoms. The van der Waals surface area contributed by atoms with Crippen molar-refractivity contribution in [3.63, 3.8) is 0 Å². The molecule has 1 aromatic heterocycles. The van der Waals surface area contributed by atoms with Gasteiger partial charge in [0.2, 0.25) is 0 Å². The molecule has 0 aromatic carbocycles. The van der Waals surface area contributed by atoms with Crippen LogP contribution in [0.4, 0.5) is 0 Å². The summed E-state index contributed by atoms with van der Waals surface area (Å²) in [6, 6.07) is 2.02. The molecule has 0 amide bonds. The van der Waals surface area contributed by atoms with Crippen molar-refractivity contribution in [1.29, 1.82) is 0 Å². The standard InChI is InChI=1S/C13H23N3/c1-5-6-11-7-8-15-13(16-11)12(9-14-4)10(2)3/h7-8,10,12,14H,5-6,9H2,1-4H3. The zero-order valence-electron chi connectivity index (χ0n) is 10.8. The predicted octanol–water partition coefficient (Wildman–Crippen LogP) is 2.39. The van der Waals surface area contributed by atoms with Gasteiger partial charge in [-0.1, -0.05) is 27.2 Å². The van der Waals surface area contributed by atoms with Crippen molar-refractivity contribution in [1.82, 2.24) is 15.3 Å². The number of aromatic nitrogens is 2. The molecule has 0 fully saturated rings. The van der Waals surface area contributed by atoms with Crippen LogP contribution in [0.2, 0.25) is 0 Å². The van der Waals surface area contributed by atoms with E-state index in [1.807, 2.05) is 19.3 Å². The largest absolute Gasteiger partial charge is 0.319 e. The molecule has 1 atom stereocenters. The highest BCUT2D eigenvalue weighted by Crippen LogP contribution is 2.20. The van der Waals surface area contributed by atoms with E-state index in [9.17, 15) is 0 Å². The molecule has 1 heterocycles. The molecule has 0 saturated carbocycles. The highest BCUT2D eigenvalue weighted by molar-refractivity contribution is 5.07. The first-order chi connectivity index (χ1) is 7.69. The predicted molar refractivity (Wildman–Crippen MR) is 67.5 cm³/mol. The fraction of sp³-hybridized carbons (Fsp3) is 0.692. The molecule has 0 aliphatic rings. The third kappa shape index (κ3) is 3.56. The monoisotopic (exact) mass is 221 g/mol. The minimum absolute atomic E-state index is 0.404. The summed E-state index contributed by atoms with van der Waals surface area (Å²) in [4.78, 5) is 9.06. The second kappa shape index (κ2) is 6.59. The van der Waals surface area contributed by atoms with Crippen molar-refractivity contribution in [3.05, 3.63) is 23.8 Å². The van der Waals surface area contributed by atoms with Gasteiger partial charge < -0.3 is 5.32 Å². The maximum absolute atomic E-state index is 4.65. The Morgan fingerprint density at radius 1 is 1.38 bits per heavy atom. The summed E-state index contributed by atoms with van der Waals surface area (Å²) in [6.07, 6.45) is 4.06. The maximum Gasteiger partial charge on any atom is 0.133 e. The van der Waals surface area contributed by atoms with Crippen molar-refractivity contribution in [2.45, 2.75) is 39.5 Å². The molecule has 0 saturated heterocycles. The molecule has 1 N–H and O–H groups in total. The third-order valence-electron chi connectivity index (χ3n) is 2.80. The SMILES string of the molecule is CCCc1ccnc(C(CNC)C(C)C)n1. The van der Waals surface area contributed by atoms with Crippen LogP contribution < -0.4 is 5.32 Å². The fourth-order valence-electron chi connectivity index (χ4n) is 1.83. The Kier molecular flexibility index (Phi) is 5.39. The summed E-state index contributed by atoms with van der Waals surface area (Å²) in [5.74, 6) is 1.95.